The van der Waals surface area contributed by atoms with Crippen LogP contribution in [0.3, 0.4) is 0 Å². The Morgan fingerprint density at radius 3 is 2.73 bits per heavy atom. The first-order valence-corrected chi connectivity index (χ1v) is 4.99. The summed E-state index contributed by atoms with van der Waals surface area (Å²) in [6, 6.07) is 0. The molecule has 0 aliphatic carbocycles. The molecular weight excluding hydrogens is 162 g/mol. The molecule has 1 aliphatic rings. The Kier molecular flexibility index (Phi) is 2.14. The molecule has 1 rings (SSSR count). The van der Waals surface area contributed by atoms with Crippen LogP contribution < -0.4 is 5.32 Å². The van der Waals surface area contributed by atoms with Gasteiger partial charge < -0.3 is 5.32 Å². The Labute approximate surface area is 66.0 Å². The van der Waals surface area contributed by atoms with Gasteiger partial charge in [0.05, 0.1) is 4.91 Å². The number of nitrogens with one attached hydrogen (secondary N) is 1. The van der Waals surface area contributed by atoms with Gasteiger partial charge in [0.2, 0.25) is 0 Å². The molecule has 1 heterocycles. The SMILES string of the molecule is CS(=O)(=O)C1=CNC=CC=C1. The fourth-order valence-electron chi connectivity index (χ4n) is 0.670. The Morgan fingerprint density at radius 1 is 1.36 bits per heavy atom. The molecule has 1 aliphatic heterocycles. The molecule has 11 heavy (non-hydrogen) atoms. The second kappa shape index (κ2) is 2.92. The second-order valence-electron chi connectivity index (χ2n) is 2.20. The average Bonchev–Trinajstić information content (AvgIpc) is 2.10. The summed E-state index contributed by atoms with van der Waals surface area (Å²) < 4.78 is 21.9. The summed E-state index contributed by atoms with van der Waals surface area (Å²) in [5.74, 6) is 0. The summed E-state index contributed by atoms with van der Waals surface area (Å²) in [6.07, 6.45) is 9.24. The normalized spacial score (nSPS) is 17.0. The van der Waals surface area contributed by atoms with Gasteiger partial charge in [0.25, 0.3) is 0 Å². The molecule has 60 valence electrons. The molecule has 3 nitrogen and oxygen atoms in total. The number of hydrogen-bond donors (Lipinski definition) is 1. The van der Waals surface area contributed by atoms with Gasteiger partial charge in [-0.1, -0.05) is 6.08 Å². The maximum absolute atomic E-state index is 11.0. The van der Waals surface area contributed by atoms with E-state index in [0.29, 0.717) is 4.91 Å². The maximum Gasteiger partial charge on any atom is 0.176 e. The van der Waals surface area contributed by atoms with Crippen LogP contribution in [0.15, 0.2) is 35.5 Å². The molecule has 0 amide bonds. The van der Waals surface area contributed by atoms with E-state index in [1.165, 1.54) is 12.5 Å². The van der Waals surface area contributed by atoms with Gasteiger partial charge in [0.1, 0.15) is 0 Å². The fourth-order valence-corrected chi connectivity index (χ4v) is 1.28. The Hall–Kier alpha value is -1.03. The number of hydrogen-bond acceptors (Lipinski definition) is 3. The smallest absolute Gasteiger partial charge is 0.176 e. The molecular formula is C7H9NO2S. The topological polar surface area (TPSA) is 46.2 Å². The first kappa shape index (κ1) is 8.07. The van der Waals surface area contributed by atoms with Gasteiger partial charge >= 0.3 is 0 Å². The quantitative estimate of drug-likeness (QED) is 0.626. The van der Waals surface area contributed by atoms with E-state index in [4.69, 9.17) is 0 Å². The molecule has 0 saturated heterocycles. The van der Waals surface area contributed by atoms with Crippen LogP contribution >= 0.6 is 0 Å². The van der Waals surface area contributed by atoms with Crippen LogP contribution in [-0.4, -0.2) is 14.7 Å². The summed E-state index contributed by atoms with van der Waals surface area (Å²) in [5.41, 5.74) is 0. The van der Waals surface area contributed by atoms with Crippen molar-refractivity contribution in [2.75, 3.05) is 6.26 Å². The largest absolute Gasteiger partial charge is 0.367 e. The van der Waals surface area contributed by atoms with Crippen molar-refractivity contribution in [2.24, 2.45) is 0 Å². The maximum atomic E-state index is 11.0. The standard InChI is InChI=1S/C7H9NO2S/c1-11(9,10)7-4-2-3-5-8-6-7/h2-6,8H,1H3. The van der Waals surface area contributed by atoms with E-state index in [1.54, 1.807) is 24.4 Å². The van der Waals surface area contributed by atoms with Crippen LogP contribution in [0.4, 0.5) is 0 Å². The Balaban J connectivity index is 3.00. The van der Waals surface area contributed by atoms with Crippen molar-refractivity contribution in [2.45, 2.75) is 0 Å². The molecule has 0 aromatic carbocycles. The van der Waals surface area contributed by atoms with Crippen LogP contribution in [0.25, 0.3) is 0 Å². The van der Waals surface area contributed by atoms with E-state index >= 15 is 0 Å². The third-order valence-corrected chi connectivity index (χ3v) is 2.33. The summed E-state index contributed by atoms with van der Waals surface area (Å²) in [5, 5.41) is 2.72. The predicted octanol–water partition coefficient (Wildman–Crippen LogP) is 0.546. The summed E-state index contributed by atoms with van der Waals surface area (Å²) in [7, 11) is -3.08. The summed E-state index contributed by atoms with van der Waals surface area (Å²) in [6.45, 7) is 0. The van der Waals surface area contributed by atoms with Gasteiger partial charge in [-0.3, -0.25) is 0 Å². The number of sulfone groups is 1. The number of allylic oxidation sites excluding steroid dienone is 3. The third-order valence-electron chi connectivity index (χ3n) is 1.22. The minimum atomic E-state index is -3.08. The van der Waals surface area contributed by atoms with Crippen LogP contribution in [0, 0.1) is 0 Å². The first-order chi connectivity index (χ1) is 5.11. The minimum Gasteiger partial charge on any atom is -0.367 e. The van der Waals surface area contributed by atoms with Crippen molar-refractivity contribution in [3.05, 3.63) is 35.5 Å². The van der Waals surface area contributed by atoms with Gasteiger partial charge in [0, 0.05) is 18.7 Å². The zero-order valence-corrected chi connectivity index (χ0v) is 6.93. The second-order valence-corrected chi connectivity index (χ2v) is 4.22. The highest BCUT2D eigenvalue weighted by Crippen LogP contribution is 2.06. The third kappa shape index (κ3) is 2.23. The first-order valence-electron chi connectivity index (χ1n) is 3.10. The lowest BCUT2D eigenvalue weighted by Crippen LogP contribution is -2.02. The molecule has 0 aromatic heterocycles. The molecule has 0 atom stereocenters. The zero-order chi connectivity index (χ0) is 8.32. The van der Waals surface area contributed by atoms with Crippen molar-refractivity contribution in [1.29, 1.82) is 0 Å². The van der Waals surface area contributed by atoms with E-state index < -0.39 is 9.84 Å². The Bertz CT molecular complexity index is 322. The van der Waals surface area contributed by atoms with Gasteiger partial charge in [-0.25, -0.2) is 8.42 Å². The highest BCUT2D eigenvalue weighted by atomic mass is 32.2. The van der Waals surface area contributed by atoms with Crippen molar-refractivity contribution in [3.8, 4) is 0 Å². The molecule has 0 fully saturated rings. The van der Waals surface area contributed by atoms with Crippen molar-refractivity contribution < 1.29 is 8.42 Å². The highest BCUT2D eigenvalue weighted by Gasteiger charge is 2.06. The van der Waals surface area contributed by atoms with Gasteiger partial charge in [-0.2, -0.15) is 0 Å². The van der Waals surface area contributed by atoms with Gasteiger partial charge in [-0.15, -0.1) is 0 Å². The van der Waals surface area contributed by atoms with Gasteiger partial charge in [0.15, 0.2) is 9.84 Å². The minimum absolute atomic E-state index is 0.294. The highest BCUT2D eigenvalue weighted by molar-refractivity contribution is 7.94. The average molecular weight is 171 g/mol. The summed E-state index contributed by atoms with van der Waals surface area (Å²) >= 11 is 0. The van der Waals surface area contributed by atoms with Crippen LogP contribution in [-0.2, 0) is 9.84 Å². The van der Waals surface area contributed by atoms with Gasteiger partial charge in [-0.05, 0) is 12.2 Å². The monoisotopic (exact) mass is 171 g/mol. The fraction of sp³-hybridized carbons (Fsp3) is 0.143. The number of rotatable bonds is 1. The molecule has 0 unspecified atom stereocenters. The lowest BCUT2D eigenvalue weighted by Gasteiger charge is -1.95. The summed E-state index contributed by atoms with van der Waals surface area (Å²) in [4.78, 5) is 0.294. The van der Waals surface area contributed by atoms with Crippen LogP contribution in [0.5, 0.6) is 0 Å². The molecule has 0 aromatic rings. The van der Waals surface area contributed by atoms with Crippen molar-refractivity contribution in [3.63, 3.8) is 0 Å². The van der Waals surface area contributed by atoms with E-state index in [9.17, 15) is 8.42 Å². The van der Waals surface area contributed by atoms with E-state index in [2.05, 4.69) is 5.32 Å². The van der Waals surface area contributed by atoms with Crippen molar-refractivity contribution in [1.82, 2.24) is 5.32 Å². The molecule has 0 radical (unpaired) electrons. The predicted molar refractivity (Wildman–Crippen MR) is 44.3 cm³/mol. The van der Waals surface area contributed by atoms with Crippen molar-refractivity contribution >= 4 is 9.84 Å². The van der Waals surface area contributed by atoms with E-state index in [1.807, 2.05) is 0 Å². The molecule has 0 spiro atoms. The van der Waals surface area contributed by atoms with E-state index in [-0.39, 0.29) is 0 Å². The molecule has 1 N–H and O–H groups in total. The zero-order valence-electron chi connectivity index (χ0n) is 6.11. The lowest BCUT2D eigenvalue weighted by molar-refractivity contribution is 0.608. The lowest BCUT2D eigenvalue weighted by atomic mass is 10.5. The van der Waals surface area contributed by atoms with E-state index in [0.717, 1.165) is 0 Å². The molecule has 0 saturated carbocycles. The Morgan fingerprint density at radius 2 is 2.09 bits per heavy atom. The van der Waals surface area contributed by atoms with Crippen LogP contribution in [0.1, 0.15) is 0 Å². The molecule has 0 bridgehead atoms. The molecule has 4 heteroatoms. The van der Waals surface area contributed by atoms with Crippen LogP contribution in [0.2, 0.25) is 0 Å².